The average Bonchev–Trinajstić information content (AvgIpc) is 2.85. The Morgan fingerprint density at radius 1 is 0.829 bits per heavy atom. The first-order valence-electron chi connectivity index (χ1n) is 12.4. The van der Waals surface area contributed by atoms with E-state index in [0.717, 1.165) is 41.2 Å². The molecule has 3 aromatic rings. The molecule has 0 unspecified atom stereocenters. The Bertz CT molecular complexity index is 1090. The van der Waals surface area contributed by atoms with Crippen LogP contribution in [0, 0.1) is 11.7 Å². The fourth-order valence-corrected chi connectivity index (χ4v) is 8.05. The van der Waals surface area contributed by atoms with Crippen molar-refractivity contribution in [2.75, 3.05) is 0 Å². The van der Waals surface area contributed by atoms with E-state index in [1.165, 1.54) is 55.4 Å². The monoisotopic (exact) mass is 499 g/mol. The number of ether oxygens (including phenoxy) is 1. The molecule has 0 atom stereocenters. The number of aryl methyl sites for hydroxylation is 1. The largest absolute Gasteiger partial charge is 0.573 e. The molecule has 1 aliphatic heterocycles. The molecule has 0 bridgehead atoms. The maximum Gasteiger partial charge on any atom is 0.573 e. The zero-order valence-electron chi connectivity index (χ0n) is 20.0. The standard InChI is InChI=1S/C29H31F4OSi/c1-2-17-35-18-15-22(16-19-35)4-3-21-5-7-23(8-6-21)24-9-11-25(12-10-24)26-13-14-28(27(30)20-26)34-29(31,32)33/h5-14,20,22H,2-4,15-19H2,1H3. The van der Waals surface area contributed by atoms with Gasteiger partial charge >= 0.3 is 6.36 Å². The number of hydrogen-bond donors (Lipinski definition) is 0. The van der Waals surface area contributed by atoms with Crippen LogP contribution in [0.3, 0.4) is 0 Å². The third-order valence-electron chi connectivity index (χ3n) is 6.92. The summed E-state index contributed by atoms with van der Waals surface area (Å²) in [5.41, 5.74) is 4.72. The van der Waals surface area contributed by atoms with Crippen LogP contribution in [-0.4, -0.2) is 15.2 Å². The van der Waals surface area contributed by atoms with Crippen molar-refractivity contribution in [3.8, 4) is 28.0 Å². The number of alkyl halides is 3. The van der Waals surface area contributed by atoms with E-state index in [9.17, 15) is 17.6 Å². The Labute approximate surface area is 206 Å². The van der Waals surface area contributed by atoms with Crippen molar-refractivity contribution in [3.05, 3.63) is 78.1 Å². The first kappa shape index (κ1) is 25.5. The second kappa shape index (κ2) is 11.4. The van der Waals surface area contributed by atoms with E-state index in [2.05, 4.69) is 35.9 Å². The second-order valence-corrected chi connectivity index (χ2v) is 12.4. The lowest BCUT2D eigenvalue weighted by Crippen LogP contribution is -2.21. The molecule has 1 radical (unpaired) electrons. The highest BCUT2D eigenvalue weighted by Crippen LogP contribution is 2.32. The first-order chi connectivity index (χ1) is 16.8. The summed E-state index contributed by atoms with van der Waals surface area (Å²) in [6, 6.07) is 24.2. The molecule has 1 saturated heterocycles. The van der Waals surface area contributed by atoms with Crippen LogP contribution < -0.4 is 4.74 Å². The van der Waals surface area contributed by atoms with E-state index >= 15 is 0 Å². The molecule has 35 heavy (non-hydrogen) atoms. The van der Waals surface area contributed by atoms with Crippen molar-refractivity contribution < 1.29 is 22.3 Å². The molecule has 0 aromatic heterocycles. The normalized spacial score (nSPS) is 15.3. The van der Waals surface area contributed by atoms with E-state index in [-0.39, 0.29) is 8.80 Å². The summed E-state index contributed by atoms with van der Waals surface area (Å²) in [7, 11) is -0.0458. The predicted molar refractivity (Wildman–Crippen MR) is 135 cm³/mol. The highest BCUT2D eigenvalue weighted by atomic mass is 28.3. The molecule has 0 amide bonds. The van der Waals surface area contributed by atoms with Gasteiger partial charge in [0.15, 0.2) is 11.6 Å². The Morgan fingerprint density at radius 2 is 1.37 bits per heavy atom. The van der Waals surface area contributed by atoms with Crippen LogP contribution in [0.4, 0.5) is 17.6 Å². The maximum absolute atomic E-state index is 14.1. The van der Waals surface area contributed by atoms with Gasteiger partial charge in [0.05, 0.1) is 0 Å². The van der Waals surface area contributed by atoms with E-state index in [0.29, 0.717) is 5.56 Å². The highest BCUT2D eigenvalue weighted by molar-refractivity contribution is 6.58. The number of rotatable bonds is 8. The molecule has 0 spiro atoms. The predicted octanol–water partition coefficient (Wildman–Crippen LogP) is 9.31. The van der Waals surface area contributed by atoms with E-state index < -0.39 is 17.9 Å². The van der Waals surface area contributed by atoms with Gasteiger partial charge in [0, 0.05) is 8.80 Å². The van der Waals surface area contributed by atoms with Gasteiger partial charge < -0.3 is 4.74 Å². The van der Waals surface area contributed by atoms with Crippen molar-refractivity contribution in [2.24, 2.45) is 5.92 Å². The van der Waals surface area contributed by atoms with Crippen LogP contribution in [0.15, 0.2) is 66.7 Å². The average molecular weight is 500 g/mol. The van der Waals surface area contributed by atoms with Crippen LogP contribution in [0.1, 0.15) is 38.2 Å². The minimum atomic E-state index is -4.92. The number of benzene rings is 3. The van der Waals surface area contributed by atoms with Gasteiger partial charge in [0.1, 0.15) is 0 Å². The maximum atomic E-state index is 14.1. The molecule has 4 rings (SSSR count). The molecular formula is C29H31F4OSi. The minimum Gasteiger partial charge on any atom is -0.403 e. The fraction of sp³-hybridized carbons (Fsp3) is 0.379. The topological polar surface area (TPSA) is 9.23 Å². The van der Waals surface area contributed by atoms with Crippen LogP contribution in [-0.2, 0) is 6.42 Å². The molecule has 1 fully saturated rings. The Balaban J connectivity index is 1.34. The highest BCUT2D eigenvalue weighted by Gasteiger charge is 2.32. The number of hydrogen-bond acceptors (Lipinski definition) is 1. The number of halogens is 4. The van der Waals surface area contributed by atoms with Crippen LogP contribution in [0.5, 0.6) is 5.75 Å². The lowest BCUT2D eigenvalue weighted by Gasteiger charge is -2.27. The molecule has 1 heterocycles. The lowest BCUT2D eigenvalue weighted by molar-refractivity contribution is -0.275. The van der Waals surface area contributed by atoms with Gasteiger partial charge in [-0.15, -0.1) is 13.2 Å². The molecular weight excluding hydrogens is 468 g/mol. The Kier molecular flexibility index (Phi) is 8.32. The van der Waals surface area contributed by atoms with Gasteiger partial charge in [-0.3, -0.25) is 0 Å². The van der Waals surface area contributed by atoms with E-state index in [1.54, 1.807) is 0 Å². The molecule has 1 aliphatic rings. The van der Waals surface area contributed by atoms with Gasteiger partial charge in [0.2, 0.25) is 0 Å². The molecule has 185 valence electrons. The smallest absolute Gasteiger partial charge is 0.403 e. The molecule has 0 saturated carbocycles. The van der Waals surface area contributed by atoms with Crippen LogP contribution >= 0.6 is 0 Å². The van der Waals surface area contributed by atoms with Crippen molar-refractivity contribution >= 4 is 8.80 Å². The zero-order valence-corrected chi connectivity index (χ0v) is 21.0. The zero-order chi connectivity index (χ0) is 24.8. The Morgan fingerprint density at radius 3 is 1.91 bits per heavy atom. The van der Waals surface area contributed by atoms with Crippen molar-refractivity contribution in [1.82, 2.24) is 0 Å². The van der Waals surface area contributed by atoms with Gasteiger partial charge in [-0.2, -0.15) is 0 Å². The molecule has 3 aromatic carbocycles. The van der Waals surface area contributed by atoms with Crippen LogP contribution in [0.2, 0.25) is 18.1 Å². The lowest BCUT2D eigenvalue weighted by atomic mass is 9.93. The van der Waals surface area contributed by atoms with Crippen LogP contribution in [0.25, 0.3) is 22.3 Å². The molecule has 0 N–H and O–H groups in total. The third-order valence-corrected chi connectivity index (χ3v) is 10.1. The SMILES string of the molecule is CCC[Si]1CCC(CCc2ccc(-c3ccc(-c4ccc(OC(F)(F)F)c(F)c4)cc3)cc2)CC1. The molecule has 6 heteroatoms. The van der Waals surface area contributed by atoms with Crippen molar-refractivity contribution in [1.29, 1.82) is 0 Å². The van der Waals surface area contributed by atoms with Gasteiger partial charge in [-0.05, 0) is 58.7 Å². The van der Waals surface area contributed by atoms with Crippen molar-refractivity contribution in [2.45, 2.75) is 63.5 Å². The summed E-state index contributed by atoms with van der Waals surface area (Å²) >= 11 is 0. The quantitative estimate of drug-likeness (QED) is 0.222. The second-order valence-electron chi connectivity index (χ2n) is 9.45. The Hall–Kier alpha value is -2.60. The summed E-state index contributed by atoms with van der Waals surface area (Å²) in [5, 5.41) is 0. The minimum absolute atomic E-state index is 0.0458. The summed E-state index contributed by atoms with van der Waals surface area (Å²) in [4.78, 5) is 0. The van der Waals surface area contributed by atoms with Gasteiger partial charge in [-0.25, -0.2) is 4.39 Å². The summed E-state index contributed by atoms with van der Waals surface area (Å²) in [6.07, 6.45) is 1.66. The molecule has 1 nitrogen and oxygen atoms in total. The van der Waals surface area contributed by atoms with E-state index in [1.807, 2.05) is 24.3 Å². The third kappa shape index (κ3) is 7.20. The summed E-state index contributed by atoms with van der Waals surface area (Å²) < 4.78 is 54.8. The van der Waals surface area contributed by atoms with Gasteiger partial charge in [0.25, 0.3) is 0 Å². The molecule has 0 aliphatic carbocycles. The fourth-order valence-electron chi connectivity index (χ4n) is 4.96. The first-order valence-corrected chi connectivity index (χ1v) is 14.5. The summed E-state index contributed by atoms with van der Waals surface area (Å²) in [6.45, 7) is 2.31. The van der Waals surface area contributed by atoms with Crippen molar-refractivity contribution in [3.63, 3.8) is 0 Å². The van der Waals surface area contributed by atoms with Gasteiger partial charge in [-0.1, -0.05) is 98.9 Å². The van der Waals surface area contributed by atoms with E-state index in [4.69, 9.17) is 0 Å². The summed E-state index contributed by atoms with van der Waals surface area (Å²) in [5.74, 6) is -0.995.